The first kappa shape index (κ1) is 19.4. The molecule has 0 bridgehead atoms. The van der Waals surface area contributed by atoms with Gasteiger partial charge in [0.25, 0.3) is 11.8 Å². The van der Waals surface area contributed by atoms with E-state index in [0.29, 0.717) is 28.5 Å². The highest BCUT2D eigenvalue weighted by Crippen LogP contribution is 2.27. The predicted octanol–water partition coefficient (Wildman–Crippen LogP) is 4.14. The van der Waals surface area contributed by atoms with Crippen LogP contribution in [0.15, 0.2) is 65.3 Å². The van der Waals surface area contributed by atoms with E-state index in [1.165, 1.54) is 7.05 Å². The van der Waals surface area contributed by atoms with Crippen LogP contribution in [0.3, 0.4) is 0 Å². The number of hydrogen-bond donors (Lipinski definition) is 0. The van der Waals surface area contributed by atoms with E-state index >= 15 is 0 Å². The van der Waals surface area contributed by atoms with Gasteiger partial charge in [-0.25, -0.2) is 0 Å². The van der Waals surface area contributed by atoms with Crippen LogP contribution in [0.4, 0.5) is 0 Å². The first-order valence-corrected chi connectivity index (χ1v) is 8.92. The number of hydrogen-bond acceptors (Lipinski definition) is 4. The molecule has 2 aromatic rings. The van der Waals surface area contributed by atoms with E-state index in [1.807, 2.05) is 30.3 Å². The van der Waals surface area contributed by atoms with Crippen molar-refractivity contribution in [3.63, 3.8) is 0 Å². The van der Waals surface area contributed by atoms with E-state index in [9.17, 15) is 14.9 Å². The van der Waals surface area contributed by atoms with Crippen molar-refractivity contribution in [3.8, 4) is 11.8 Å². The van der Waals surface area contributed by atoms with E-state index in [-0.39, 0.29) is 5.57 Å². The number of amides is 2. The predicted molar refractivity (Wildman–Crippen MR) is 106 cm³/mol. The Morgan fingerprint density at radius 2 is 1.79 bits per heavy atom. The lowest BCUT2D eigenvalue weighted by Gasteiger charge is -2.23. The van der Waals surface area contributed by atoms with Gasteiger partial charge < -0.3 is 4.74 Å². The second-order valence-electron chi connectivity index (χ2n) is 6.29. The minimum Gasteiger partial charge on any atom is -0.489 e. The van der Waals surface area contributed by atoms with Crippen LogP contribution in [0.2, 0.25) is 5.02 Å². The second-order valence-corrected chi connectivity index (χ2v) is 6.70. The third-order valence-corrected chi connectivity index (χ3v) is 4.86. The van der Waals surface area contributed by atoms with Crippen LogP contribution in [0.5, 0.6) is 5.75 Å². The summed E-state index contributed by atoms with van der Waals surface area (Å²) in [5.41, 5.74) is 2.33. The SMILES string of the molecule is CC1=C(C#N)C(=O)N(C)C(=O)/C1=C/c1ccc(OCc2ccccc2Cl)cc1. The van der Waals surface area contributed by atoms with Crippen molar-refractivity contribution in [3.05, 3.63) is 81.4 Å². The molecule has 0 aliphatic carbocycles. The summed E-state index contributed by atoms with van der Waals surface area (Å²) in [6.45, 7) is 1.95. The lowest BCUT2D eigenvalue weighted by atomic mass is 9.94. The summed E-state index contributed by atoms with van der Waals surface area (Å²) in [6.07, 6.45) is 1.66. The summed E-state index contributed by atoms with van der Waals surface area (Å²) in [5.74, 6) is -0.347. The smallest absolute Gasteiger partial charge is 0.271 e. The van der Waals surface area contributed by atoms with Crippen molar-refractivity contribution in [1.29, 1.82) is 5.26 Å². The lowest BCUT2D eigenvalue weighted by Crippen LogP contribution is -2.39. The number of carbonyl (C=O) groups excluding carboxylic acids is 2. The zero-order valence-electron chi connectivity index (χ0n) is 15.4. The summed E-state index contributed by atoms with van der Waals surface area (Å²) >= 11 is 6.12. The first-order valence-electron chi connectivity index (χ1n) is 8.54. The Morgan fingerprint density at radius 3 is 2.43 bits per heavy atom. The highest BCUT2D eigenvalue weighted by Gasteiger charge is 2.32. The number of nitrogens with zero attached hydrogens (tertiary/aromatic N) is 2. The number of benzene rings is 2. The molecule has 0 atom stereocenters. The van der Waals surface area contributed by atoms with E-state index in [2.05, 4.69) is 0 Å². The zero-order valence-corrected chi connectivity index (χ0v) is 16.2. The molecule has 1 aliphatic rings. The Kier molecular flexibility index (Phi) is 5.62. The molecule has 28 heavy (non-hydrogen) atoms. The van der Waals surface area contributed by atoms with Crippen LogP contribution in [0.1, 0.15) is 18.1 Å². The molecule has 2 amide bonds. The number of imide groups is 1. The highest BCUT2D eigenvalue weighted by atomic mass is 35.5. The Balaban J connectivity index is 1.81. The quantitative estimate of drug-likeness (QED) is 0.579. The third kappa shape index (κ3) is 3.83. The van der Waals surface area contributed by atoms with Crippen molar-refractivity contribution >= 4 is 29.5 Å². The fourth-order valence-corrected chi connectivity index (χ4v) is 2.99. The van der Waals surface area contributed by atoms with Crippen LogP contribution in [0.25, 0.3) is 6.08 Å². The molecule has 0 unspecified atom stereocenters. The average Bonchev–Trinajstić information content (AvgIpc) is 2.70. The second kappa shape index (κ2) is 8.12. The highest BCUT2D eigenvalue weighted by molar-refractivity contribution is 6.31. The first-order chi connectivity index (χ1) is 13.4. The maximum absolute atomic E-state index is 12.4. The normalized spacial score (nSPS) is 15.8. The van der Waals surface area contributed by atoms with E-state index in [0.717, 1.165) is 16.0 Å². The van der Waals surface area contributed by atoms with Gasteiger partial charge in [0, 0.05) is 23.2 Å². The van der Waals surface area contributed by atoms with E-state index in [4.69, 9.17) is 16.3 Å². The Morgan fingerprint density at radius 1 is 1.11 bits per heavy atom. The molecule has 0 fully saturated rings. The summed E-state index contributed by atoms with van der Waals surface area (Å²) in [4.78, 5) is 25.4. The fourth-order valence-electron chi connectivity index (χ4n) is 2.80. The summed E-state index contributed by atoms with van der Waals surface area (Å²) in [5, 5.41) is 9.86. The maximum Gasteiger partial charge on any atom is 0.271 e. The number of carbonyl (C=O) groups is 2. The van der Waals surface area contributed by atoms with Gasteiger partial charge in [-0.1, -0.05) is 41.9 Å². The molecule has 6 heteroatoms. The lowest BCUT2D eigenvalue weighted by molar-refractivity contribution is -0.138. The molecule has 5 nitrogen and oxygen atoms in total. The third-order valence-electron chi connectivity index (χ3n) is 4.49. The molecule has 2 aromatic carbocycles. The van der Waals surface area contributed by atoms with Gasteiger partial charge in [0.1, 0.15) is 24.0 Å². The Bertz CT molecular complexity index is 1050. The van der Waals surface area contributed by atoms with Gasteiger partial charge in [-0.3, -0.25) is 14.5 Å². The summed E-state index contributed by atoms with van der Waals surface area (Å²) in [6, 6.07) is 16.5. The van der Waals surface area contributed by atoms with E-state index < -0.39 is 11.8 Å². The van der Waals surface area contributed by atoms with Crippen LogP contribution in [-0.4, -0.2) is 23.8 Å². The molecule has 0 aromatic heterocycles. The fraction of sp³-hybridized carbons (Fsp3) is 0.136. The number of nitriles is 1. The van der Waals surface area contributed by atoms with Gasteiger partial charge in [-0.05, 0) is 42.3 Å². The molecule has 1 heterocycles. The maximum atomic E-state index is 12.4. The molecule has 140 valence electrons. The van der Waals surface area contributed by atoms with Gasteiger partial charge in [0.05, 0.1) is 0 Å². The molecule has 0 radical (unpaired) electrons. The Labute approximate surface area is 168 Å². The zero-order chi connectivity index (χ0) is 20.3. The van der Waals surface area contributed by atoms with Crippen molar-refractivity contribution in [2.75, 3.05) is 7.05 Å². The molecule has 0 saturated carbocycles. The molecular formula is C22H17ClN2O3. The van der Waals surface area contributed by atoms with Gasteiger partial charge in [-0.15, -0.1) is 0 Å². The largest absolute Gasteiger partial charge is 0.489 e. The van der Waals surface area contributed by atoms with Gasteiger partial charge >= 0.3 is 0 Å². The van der Waals surface area contributed by atoms with Crippen LogP contribution < -0.4 is 4.74 Å². The number of rotatable bonds is 4. The molecule has 0 spiro atoms. The minimum atomic E-state index is -0.578. The van der Waals surface area contributed by atoms with Crippen LogP contribution >= 0.6 is 11.6 Å². The van der Waals surface area contributed by atoms with Gasteiger partial charge in [-0.2, -0.15) is 5.26 Å². The summed E-state index contributed by atoms with van der Waals surface area (Å²) < 4.78 is 5.75. The number of ether oxygens (including phenoxy) is 1. The van der Waals surface area contributed by atoms with Crippen molar-refractivity contribution in [1.82, 2.24) is 4.90 Å². The molecule has 1 aliphatic heterocycles. The standard InChI is InChI=1S/C22H17ClN2O3/c1-14-18(21(26)25(2)22(27)19(14)12-24)11-15-7-9-17(10-8-15)28-13-16-5-3-4-6-20(16)23/h3-11H,13H2,1-2H3/b18-11+. The van der Waals surface area contributed by atoms with Crippen molar-refractivity contribution in [2.24, 2.45) is 0 Å². The minimum absolute atomic E-state index is 0.0203. The monoisotopic (exact) mass is 392 g/mol. The van der Waals surface area contributed by atoms with Gasteiger partial charge in [0.15, 0.2) is 0 Å². The summed E-state index contributed by atoms with van der Waals surface area (Å²) in [7, 11) is 1.37. The molecule has 0 saturated heterocycles. The van der Waals surface area contributed by atoms with Gasteiger partial charge in [0.2, 0.25) is 0 Å². The Hall–Kier alpha value is -3.36. The van der Waals surface area contributed by atoms with Crippen molar-refractivity contribution in [2.45, 2.75) is 13.5 Å². The molecule has 0 N–H and O–H groups in total. The van der Waals surface area contributed by atoms with E-state index in [1.54, 1.807) is 37.3 Å². The van der Waals surface area contributed by atoms with Crippen molar-refractivity contribution < 1.29 is 14.3 Å². The topological polar surface area (TPSA) is 70.4 Å². The average molecular weight is 393 g/mol. The molecule has 3 rings (SSSR count). The number of halogens is 1. The van der Waals surface area contributed by atoms with Crippen LogP contribution in [0, 0.1) is 11.3 Å². The molecular weight excluding hydrogens is 376 g/mol. The van der Waals surface area contributed by atoms with Crippen LogP contribution in [-0.2, 0) is 16.2 Å². The number of likely N-dealkylation sites (N-methyl/N-ethyl adjacent to an activating group) is 1.